The number of hydrogen-bond donors (Lipinski definition) is 1. The van der Waals surface area contributed by atoms with Crippen LogP contribution in [0.3, 0.4) is 0 Å². The summed E-state index contributed by atoms with van der Waals surface area (Å²) in [6.07, 6.45) is 1.47. The summed E-state index contributed by atoms with van der Waals surface area (Å²) in [5, 5.41) is 9.65. The van der Waals surface area contributed by atoms with Gasteiger partial charge in [-0.3, -0.25) is 9.69 Å². The van der Waals surface area contributed by atoms with Crippen LogP contribution < -0.4 is 0 Å². The molecule has 2 rings (SSSR count). The normalized spacial score (nSPS) is 18.1. The number of thiocarbonyl (C=S) groups is 1. The number of likely N-dealkylation sites (N-methyl/N-ethyl adjacent to an activating group) is 1. The van der Waals surface area contributed by atoms with Crippen molar-refractivity contribution in [2.75, 3.05) is 7.05 Å². The second-order valence-electron chi connectivity index (χ2n) is 3.30. The quantitative estimate of drug-likeness (QED) is 0.592. The maximum absolute atomic E-state index is 11.6. The third-order valence-electron chi connectivity index (χ3n) is 2.21. The van der Waals surface area contributed by atoms with E-state index in [1.165, 1.54) is 24.1 Å². The van der Waals surface area contributed by atoms with E-state index in [0.29, 0.717) is 5.56 Å². The Kier molecular flexibility index (Phi) is 2.62. The molecular formula is C11H9NO3S. The van der Waals surface area contributed by atoms with Crippen molar-refractivity contribution in [3.63, 3.8) is 0 Å². The van der Waals surface area contributed by atoms with Gasteiger partial charge < -0.3 is 9.84 Å². The average Bonchev–Trinajstić information content (AvgIpc) is 2.50. The third kappa shape index (κ3) is 1.77. The van der Waals surface area contributed by atoms with Crippen LogP contribution in [0.4, 0.5) is 0 Å². The number of rotatable bonds is 1. The summed E-state index contributed by atoms with van der Waals surface area (Å²) in [6.45, 7) is 0. The van der Waals surface area contributed by atoms with Gasteiger partial charge in [0.2, 0.25) is 0 Å². The number of phenols is 1. The predicted octanol–water partition coefficient (Wildman–Crippen LogP) is 1.51. The predicted molar refractivity (Wildman–Crippen MR) is 62.5 cm³/mol. The van der Waals surface area contributed by atoms with Gasteiger partial charge in [0.25, 0.3) is 11.1 Å². The Morgan fingerprint density at radius 2 is 2.12 bits per heavy atom. The minimum absolute atomic E-state index is 0.0897. The maximum atomic E-state index is 11.6. The zero-order valence-corrected chi connectivity index (χ0v) is 9.32. The summed E-state index contributed by atoms with van der Waals surface area (Å²) in [5.74, 6) is -0.103. The number of para-hydroxylation sites is 1. The third-order valence-corrected chi connectivity index (χ3v) is 2.57. The smallest absolute Gasteiger partial charge is 0.296 e. The molecule has 0 aliphatic carbocycles. The minimum atomic E-state index is -0.312. The summed E-state index contributed by atoms with van der Waals surface area (Å²) < 4.78 is 5.10. The second-order valence-corrected chi connectivity index (χ2v) is 3.65. The highest BCUT2D eigenvalue weighted by molar-refractivity contribution is 7.80. The fourth-order valence-corrected chi connectivity index (χ4v) is 1.47. The number of carbonyl (C=O) groups is 1. The van der Waals surface area contributed by atoms with E-state index < -0.39 is 0 Å². The van der Waals surface area contributed by atoms with Gasteiger partial charge in [-0.25, -0.2) is 0 Å². The first-order chi connectivity index (χ1) is 7.59. The summed E-state index contributed by atoms with van der Waals surface area (Å²) in [6, 6.07) is 6.67. The number of amides is 1. The average molecular weight is 235 g/mol. The second kappa shape index (κ2) is 3.94. The molecule has 0 radical (unpaired) electrons. The van der Waals surface area contributed by atoms with Crippen LogP contribution in [0.5, 0.6) is 5.75 Å². The van der Waals surface area contributed by atoms with Gasteiger partial charge >= 0.3 is 0 Å². The fourth-order valence-electron chi connectivity index (χ4n) is 1.30. The summed E-state index contributed by atoms with van der Waals surface area (Å²) in [7, 11) is 1.54. The van der Waals surface area contributed by atoms with E-state index in [9.17, 15) is 9.90 Å². The number of ether oxygens (including phenoxy) is 1. The molecule has 16 heavy (non-hydrogen) atoms. The van der Waals surface area contributed by atoms with Gasteiger partial charge in [0.15, 0.2) is 5.76 Å². The number of aromatic hydroxyl groups is 1. The molecule has 1 aromatic carbocycles. The van der Waals surface area contributed by atoms with Crippen LogP contribution in [0.25, 0.3) is 6.08 Å². The van der Waals surface area contributed by atoms with Crippen LogP contribution in [-0.4, -0.2) is 28.1 Å². The van der Waals surface area contributed by atoms with E-state index in [-0.39, 0.29) is 22.6 Å². The van der Waals surface area contributed by atoms with E-state index in [0.717, 1.165) is 0 Å². The van der Waals surface area contributed by atoms with Gasteiger partial charge in [-0.2, -0.15) is 0 Å². The maximum Gasteiger partial charge on any atom is 0.296 e. The number of phenolic OH excluding ortho intramolecular Hbond substituents is 1. The highest BCUT2D eigenvalue weighted by Crippen LogP contribution is 2.23. The SMILES string of the molecule is CN1C(=O)/C(=C\c2ccccc2O)OC1=S. The lowest BCUT2D eigenvalue weighted by atomic mass is 10.2. The molecule has 1 amide bonds. The molecule has 0 bridgehead atoms. The van der Waals surface area contributed by atoms with Crippen molar-refractivity contribution in [2.45, 2.75) is 0 Å². The molecule has 1 aromatic rings. The summed E-state index contributed by atoms with van der Waals surface area (Å²) in [5.41, 5.74) is 0.518. The van der Waals surface area contributed by atoms with Crippen LogP contribution in [-0.2, 0) is 9.53 Å². The molecule has 0 aromatic heterocycles. The molecule has 5 heteroatoms. The van der Waals surface area contributed by atoms with E-state index >= 15 is 0 Å². The number of benzene rings is 1. The Bertz CT molecular complexity index is 496. The minimum Gasteiger partial charge on any atom is -0.507 e. The first-order valence-corrected chi connectivity index (χ1v) is 5.00. The first kappa shape index (κ1) is 10.6. The molecule has 0 unspecified atom stereocenters. The highest BCUT2D eigenvalue weighted by atomic mass is 32.1. The molecule has 0 atom stereocenters. The van der Waals surface area contributed by atoms with E-state index in [1.807, 2.05) is 0 Å². The molecule has 1 heterocycles. The first-order valence-electron chi connectivity index (χ1n) is 4.59. The van der Waals surface area contributed by atoms with Crippen LogP contribution >= 0.6 is 12.2 Å². The molecule has 1 saturated heterocycles. The van der Waals surface area contributed by atoms with Crippen molar-refractivity contribution < 1.29 is 14.6 Å². The lowest BCUT2D eigenvalue weighted by Gasteiger charge is -2.00. The Balaban J connectivity index is 2.37. The largest absolute Gasteiger partial charge is 0.507 e. The number of carbonyl (C=O) groups excluding carboxylic acids is 1. The number of nitrogens with zero attached hydrogens (tertiary/aromatic N) is 1. The van der Waals surface area contributed by atoms with Crippen molar-refractivity contribution >= 4 is 29.4 Å². The molecule has 1 aliphatic heterocycles. The molecule has 1 aliphatic rings. The Morgan fingerprint density at radius 1 is 1.44 bits per heavy atom. The number of hydrogen-bond acceptors (Lipinski definition) is 4. The molecule has 0 saturated carbocycles. The topological polar surface area (TPSA) is 49.8 Å². The molecule has 82 valence electrons. The van der Waals surface area contributed by atoms with Crippen molar-refractivity contribution in [1.82, 2.24) is 4.90 Å². The van der Waals surface area contributed by atoms with Crippen molar-refractivity contribution in [3.05, 3.63) is 35.6 Å². The standard InChI is InChI=1S/C11H9NO3S/c1-12-10(14)9(15-11(12)16)6-7-4-2-3-5-8(7)13/h2-6,13H,1H3/b9-6+. The van der Waals surface area contributed by atoms with Gasteiger partial charge in [0.05, 0.1) is 0 Å². The van der Waals surface area contributed by atoms with Crippen LogP contribution in [0.15, 0.2) is 30.0 Å². The molecule has 1 fully saturated rings. The van der Waals surface area contributed by atoms with Gasteiger partial charge in [-0.05, 0) is 24.4 Å². The van der Waals surface area contributed by atoms with E-state index in [2.05, 4.69) is 0 Å². The highest BCUT2D eigenvalue weighted by Gasteiger charge is 2.30. The summed E-state index contributed by atoms with van der Waals surface area (Å²) >= 11 is 4.82. The van der Waals surface area contributed by atoms with Crippen molar-refractivity contribution in [3.8, 4) is 5.75 Å². The zero-order valence-electron chi connectivity index (χ0n) is 8.51. The lowest BCUT2D eigenvalue weighted by Crippen LogP contribution is -2.22. The lowest BCUT2D eigenvalue weighted by molar-refractivity contribution is -0.122. The fraction of sp³-hybridized carbons (Fsp3) is 0.0909. The van der Waals surface area contributed by atoms with Gasteiger partial charge in [0, 0.05) is 12.6 Å². The zero-order chi connectivity index (χ0) is 11.7. The van der Waals surface area contributed by atoms with Gasteiger partial charge in [-0.15, -0.1) is 0 Å². The van der Waals surface area contributed by atoms with Crippen LogP contribution in [0, 0.1) is 0 Å². The molecule has 0 spiro atoms. The Labute approximate surface area is 97.7 Å². The monoisotopic (exact) mass is 235 g/mol. The molecule has 4 nitrogen and oxygen atoms in total. The van der Waals surface area contributed by atoms with Crippen molar-refractivity contribution in [2.24, 2.45) is 0 Å². The molecule has 1 N–H and O–H groups in total. The van der Waals surface area contributed by atoms with Gasteiger partial charge in [-0.1, -0.05) is 18.2 Å². The summed E-state index contributed by atoms with van der Waals surface area (Å²) in [4.78, 5) is 12.8. The molecular weight excluding hydrogens is 226 g/mol. The van der Waals surface area contributed by atoms with Gasteiger partial charge in [0.1, 0.15) is 5.75 Å². The van der Waals surface area contributed by atoms with E-state index in [1.54, 1.807) is 18.2 Å². The Morgan fingerprint density at radius 3 is 2.69 bits per heavy atom. The van der Waals surface area contributed by atoms with Crippen molar-refractivity contribution in [1.29, 1.82) is 0 Å². The van der Waals surface area contributed by atoms with Crippen LogP contribution in [0.2, 0.25) is 0 Å². The van der Waals surface area contributed by atoms with Crippen LogP contribution in [0.1, 0.15) is 5.56 Å². The van der Waals surface area contributed by atoms with E-state index in [4.69, 9.17) is 17.0 Å². The Hall–Kier alpha value is -1.88.